The summed E-state index contributed by atoms with van der Waals surface area (Å²) in [7, 11) is 0. The van der Waals surface area contributed by atoms with Crippen LogP contribution in [0.5, 0.6) is 0 Å². The molecule has 1 aromatic heterocycles. The largest absolute Gasteiger partial charge is 0.317 e. The Kier molecular flexibility index (Phi) is 3.74. The number of aromatic nitrogens is 2. The van der Waals surface area contributed by atoms with Gasteiger partial charge >= 0.3 is 0 Å². The van der Waals surface area contributed by atoms with Crippen LogP contribution in [0.4, 0.5) is 5.95 Å². The van der Waals surface area contributed by atoms with Crippen molar-refractivity contribution in [2.24, 2.45) is 29.6 Å². The third-order valence-corrected chi connectivity index (χ3v) is 5.39. The Morgan fingerprint density at radius 1 is 1.24 bits per heavy atom. The molecule has 2 aliphatic carbocycles. The Morgan fingerprint density at radius 3 is 2.48 bits per heavy atom. The molecular weight excluding hydrogens is 320 g/mol. The second-order valence-electron chi connectivity index (χ2n) is 7.61. The number of nitrogens with one attached hydrogen (secondary N) is 1. The van der Waals surface area contributed by atoms with Crippen LogP contribution in [-0.2, 0) is 20.9 Å². The molecule has 1 saturated heterocycles. The number of carbonyl (C=O) groups excluding carboxylic acids is 3. The van der Waals surface area contributed by atoms with E-state index in [0.29, 0.717) is 11.9 Å². The molecule has 7 nitrogen and oxygen atoms in total. The lowest BCUT2D eigenvalue weighted by atomic mass is 9.85. The maximum atomic E-state index is 12.6. The molecule has 2 heterocycles. The molecule has 3 amide bonds. The summed E-state index contributed by atoms with van der Waals surface area (Å²) in [5.41, 5.74) is 0. The van der Waals surface area contributed by atoms with Gasteiger partial charge in [-0.15, -0.1) is 0 Å². The van der Waals surface area contributed by atoms with E-state index in [1.54, 1.807) is 12.4 Å². The number of allylic oxidation sites excluding steroid dienone is 2. The van der Waals surface area contributed by atoms with Crippen LogP contribution in [0.15, 0.2) is 24.5 Å². The first kappa shape index (κ1) is 16.1. The quantitative estimate of drug-likeness (QED) is 0.645. The molecule has 4 unspecified atom stereocenters. The van der Waals surface area contributed by atoms with Crippen LogP contribution < -0.4 is 5.32 Å². The van der Waals surface area contributed by atoms with Crippen LogP contribution in [0.1, 0.15) is 20.3 Å². The smallest absolute Gasteiger partial charge is 0.246 e. The maximum Gasteiger partial charge on any atom is 0.246 e. The van der Waals surface area contributed by atoms with E-state index in [-0.39, 0.29) is 42.0 Å². The first-order chi connectivity index (χ1) is 12.0. The highest BCUT2D eigenvalue weighted by Crippen LogP contribution is 2.52. The minimum absolute atomic E-state index is 0.157. The van der Waals surface area contributed by atoms with Gasteiger partial charge in [-0.1, -0.05) is 26.0 Å². The molecule has 25 heavy (non-hydrogen) atoms. The van der Waals surface area contributed by atoms with Crippen molar-refractivity contribution in [2.75, 3.05) is 11.9 Å². The SMILES string of the molecule is CC(C)Cn1ccnc1NC(=O)CN1C(=O)C2C3C=CC(C3)C2C1=O. The van der Waals surface area contributed by atoms with Crippen LogP contribution in [0.25, 0.3) is 0 Å². The fourth-order valence-corrected chi connectivity index (χ4v) is 4.40. The predicted octanol–water partition coefficient (Wildman–Crippen LogP) is 1.28. The van der Waals surface area contributed by atoms with Gasteiger partial charge in [0.15, 0.2) is 0 Å². The van der Waals surface area contributed by atoms with Gasteiger partial charge in [0.1, 0.15) is 6.54 Å². The molecule has 0 aromatic carbocycles. The van der Waals surface area contributed by atoms with Gasteiger partial charge in [-0.3, -0.25) is 24.6 Å². The van der Waals surface area contributed by atoms with Gasteiger partial charge in [0.2, 0.25) is 23.7 Å². The van der Waals surface area contributed by atoms with E-state index in [9.17, 15) is 14.4 Å². The van der Waals surface area contributed by atoms with E-state index in [4.69, 9.17) is 0 Å². The van der Waals surface area contributed by atoms with Crippen molar-refractivity contribution in [3.8, 4) is 0 Å². The summed E-state index contributed by atoms with van der Waals surface area (Å²) in [5.74, 6) is -0.155. The maximum absolute atomic E-state index is 12.6. The lowest BCUT2D eigenvalue weighted by Gasteiger charge is -2.17. The van der Waals surface area contributed by atoms with Crippen LogP contribution >= 0.6 is 0 Å². The van der Waals surface area contributed by atoms with Crippen molar-refractivity contribution >= 4 is 23.7 Å². The van der Waals surface area contributed by atoms with Crippen molar-refractivity contribution in [1.82, 2.24) is 14.5 Å². The van der Waals surface area contributed by atoms with E-state index >= 15 is 0 Å². The molecular formula is C18H22N4O3. The number of nitrogens with zero attached hydrogens (tertiary/aromatic N) is 3. The highest BCUT2D eigenvalue weighted by atomic mass is 16.2. The first-order valence-corrected chi connectivity index (χ1v) is 8.80. The predicted molar refractivity (Wildman–Crippen MR) is 90.1 cm³/mol. The van der Waals surface area contributed by atoms with Crippen molar-refractivity contribution in [1.29, 1.82) is 0 Å². The third kappa shape index (κ3) is 2.58. The number of amides is 3. The van der Waals surface area contributed by atoms with Crippen LogP contribution in [0.3, 0.4) is 0 Å². The summed E-state index contributed by atoms with van der Waals surface area (Å²) >= 11 is 0. The fourth-order valence-electron chi connectivity index (χ4n) is 4.40. The lowest BCUT2D eigenvalue weighted by molar-refractivity contribution is -0.143. The highest BCUT2D eigenvalue weighted by molar-refractivity contribution is 6.09. The number of anilines is 1. The minimum atomic E-state index is -0.391. The summed E-state index contributed by atoms with van der Waals surface area (Å²) in [6.07, 6.45) is 8.40. The molecule has 7 heteroatoms. The number of likely N-dealkylation sites (tertiary alicyclic amines) is 1. The molecule has 1 N–H and O–H groups in total. The number of rotatable bonds is 5. The Labute approximate surface area is 146 Å². The Morgan fingerprint density at radius 2 is 1.88 bits per heavy atom. The van der Waals surface area contributed by atoms with Gasteiger partial charge in [0.25, 0.3) is 0 Å². The molecule has 0 spiro atoms. The zero-order chi connectivity index (χ0) is 17.7. The first-order valence-electron chi connectivity index (χ1n) is 8.80. The molecule has 0 radical (unpaired) electrons. The number of imide groups is 1. The summed E-state index contributed by atoms with van der Waals surface area (Å²) in [5, 5.41) is 2.72. The summed E-state index contributed by atoms with van der Waals surface area (Å²) in [4.78, 5) is 42.9. The summed E-state index contributed by atoms with van der Waals surface area (Å²) in [6, 6.07) is 0. The average Bonchev–Trinajstić information content (AvgIpc) is 3.30. The molecule has 3 aliphatic rings. The molecule has 1 aliphatic heterocycles. The Bertz CT molecular complexity index is 736. The Balaban J connectivity index is 1.43. The van der Waals surface area contributed by atoms with Gasteiger partial charge in [-0.2, -0.15) is 0 Å². The molecule has 4 atom stereocenters. The van der Waals surface area contributed by atoms with Crippen LogP contribution in [-0.4, -0.2) is 38.7 Å². The summed E-state index contributed by atoms with van der Waals surface area (Å²) < 4.78 is 1.86. The van der Waals surface area contributed by atoms with Gasteiger partial charge < -0.3 is 4.57 Å². The van der Waals surface area contributed by atoms with Crippen molar-refractivity contribution in [3.63, 3.8) is 0 Å². The van der Waals surface area contributed by atoms with Gasteiger partial charge in [-0.25, -0.2) is 4.98 Å². The average molecular weight is 342 g/mol. The molecule has 132 valence electrons. The fraction of sp³-hybridized carbons (Fsp3) is 0.556. The van der Waals surface area contributed by atoms with E-state index in [2.05, 4.69) is 24.1 Å². The van der Waals surface area contributed by atoms with Crippen molar-refractivity contribution < 1.29 is 14.4 Å². The molecule has 2 bridgehead atoms. The second kappa shape index (κ2) is 5.82. The zero-order valence-electron chi connectivity index (χ0n) is 14.4. The van der Waals surface area contributed by atoms with Crippen LogP contribution in [0.2, 0.25) is 0 Å². The second-order valence-corrected chi connectivity index (χ2v) is 7.61. The normalized spacial score (nSPS) is 29.8. The number of hydrogen-bond acceptors (Lipinski definition) is 4. The third-order valence-electron chi connectivity index (χ3n) is 5.39. The molecule has 4 rings (SSSR count). The minimum Gasteiger partial charge on any atom is -0.317 e. The van der Waals surface area contributed by atoms with Gasteiger partial charge in [0.05, 0.1) is 11.8 Å². The number of imidazole rings is 1. The highest BCUT2D eigenvalue weighted by Gasteiger charge is 2.59. The standard InChI is InChI=1S/C18H22N4O3/c1-10(2)8-21-6-5-19-18(21)20-13(23)9-22-16(24)14-11-3-4-12(7-11)15(14)17(22)25/h3-6,10-12,14-15H,7-9H2,1-2H3,(H,19,20,23). The summed E-state index contributed by atoms with van der Waals surface area (Å²) in [6.45, 7) is 4.65. The number of hydrogen-bond donors (Lipinski definition) is 1. The van der Waals surface area contributed by atoms with Gasteiger partial charge in [0, 0.05) is 18.9 Å². The lowest BCUT2D eigenvalue weighted by Crippen LogP contribution is -2.39. The monoisotopic (exact) mass is 342 g/mol. The van der Waals surface area contributed by atoms with Gasteiger partial charge in [-0.05, 0) is 24.2 Å². The van der Waals surface area contributed by atoms with Crippen LogP contribution in [0, 0.1) is 29.6 Å². The zero-order valence-corrected chi connectivity index (χ0v) is 14.4. The Hall–Kier alpha value is -2.44. The van der Waals surface area contributed by atoms with E-state index in [0.717, 1.165) is 17.9 Å². The molecule has 1 aromatic rings. The van der Waals surface area contributed by atoms with E-state index in [1.165, 1.54) is 0 Å². The molecule has 1 saturated carbocycles. The topological polar surface area (TPSA) is 84.3 Å². The van der Waals surface area contributed by atoms with E-state index in [1.807, 2.05) is 16.7 Å². The number of fused-ring (bicyclic) bond motifs is 5. The van der Waals surface area contributed by atoms with Crippen molar-refractivity contribution in [3.05, 3.63) is 24.5 Å². The number of carbonyl (C=O) groups is 3. The van der Waals surface area contributed by atoms with E-state index < -0.39 is 5.91 Å². The van der Waals surface area contributed by atoms with Crippen molar-refractivity contribution in [2.45, 2.75) is 26.8 Å². The molecule has 2 fully saturated rings.